The number of pyridine rings is 7. The molecule has 0 N–H and O–H groups in total. The van der Waals surface area contributed by atoms with E-state index in [0.717, 1.165) is 0 Å². The molecule has 0 aliphatic rings. The maximum absolute atomic E-state index is 13.1. The van der Waals surface area contributed by atoms with Crippen LogP contribution in [0, 0.1) is 0 Å². The monoisotopic (exact) mass is 1380 g/mol. The van der Waals surface area contributed by atoms with Gasteiger partial charge in [-0.15, -0.1) is 0 Å². The first-order valence-corrected chi connectivity index (χ1v) is 31.2. The molecule has 0 radical (unpaired) electrons. The van der Waals surface area contributed by atoms with E-state index in [4.69, 9.17) is 86.0 Å². The van der Waals surface area contributed by atoms with Gasteiger partial charge in [0.1, 0.15) is 79.9 Å². The van der Waals surface area contributed by atoms with E-state index in [0.29, 0.717) is 0 Å². The predicted molar refractivity (Wildman–Crippen MR) is 344 cm³/mol. The van der Waals surface area contributed by atoms with Crippen LogP contribution in [0.2, 0.25) is 0 Å². The van der Waals surface area contributed by atoms with Gasteiger partial charge in [-0.25, -0.2) is 63.1 Å². The van der Waals surface area contributed by atoms with Crippen LogP contribution in [0.25, 0.3) is 0 Å². The fourth-order valence-corrected chi connectivity index (χ4v) is 8.50. The van der Waals surface area contributed by atoms with Gasteiger partial charge in [-0.05, 0) is 62.3 Å². The Bertz CT molecular complexity index is 3560. The summed E-state index contributed by atoms with van der Waals surface area (Å²) in [5, 5.41) is 0. The van der Waals surface area contributed by atoms with E-state index in [9.17, 15) is 43.2 Å². The van der Waals surface area contributed by atoms with Gasteiger partial charge in [0.2, 0.25) is 0 Å². The molecule has 7 heterocycles. The van der Waals surface area contributed by atoms with Crippen LogP contribution in [-0.2, 0) is 82.3 Å². The van der Waals surface area contributed by atoms with E-state index in [-0.39, 0.29) is 218 Å². The number of aromatic nitrogens is 7. The number of hydrogen-bond acceptors (Lipinski definition) is 31. The number of carbonyl (C=O) groups is 9. The van der Waals surface area contributed by atoms with Crippen molar-refractivity contribution in [3.8, 4) is 40.2 Å². The number of rotatable bonds is 36. The summed E-state index contributed by atoms with van der Waals surface area (Å²) in [5.74, 6) is -7.14. The van der Waals surface area contributed by atoms with Crippen molar-refractivity contribution in [2.45, 2.75) is 102 Å². The molecule has 0 amide bonds. The highest BCUT2D eigenvalue weighted by Crippen LogP contribution is 2.28. The van der Waals surface area contributed by atoms with Crippen LogP contribution in [0.5, 0.6) is 40.2 Å². The minimum absolute atomic E-state index is 0.00270. The fraction of sp³-hybridized carbons (Fsp3) is 0.333. The molecule has 0 aromatic carbocycles. The van der Waals surface area contributed by atoms with Crippen molar-refractivity contribution in [3.63, 3.8) is 0 Å². The van der Waals surface area contributed by atoms with Crippen molar-refractivity contribution >= 4 is 53.7 Å². The Morgan fingerprint density at radius 2 is 0.420 bits per heavy atom. The standard InChI is InChI=1S/C69H71N7O24/c1-11-86-62(78)53-25-48(26-54(73-53)63(79)87-12-2)96-33-40-19-46(20-41(70-40)34-97-49-27-55(64(80)88-13-3)74-56(28-49)65(81)89-14-4)94-37-44-23-52(100-61(77)39(9)10)24-45(72-44)38-95-47-21-42(35-98-50-29-57(66(82)90-15-5)75-58(30-50)67(83)91-16-6)71-43(22-47)36-99-51-31-59(68(84)92-17-7)76-60(32-51)69(85)93-18-8/h19-32H,9,11-18,33-38H2,1-8,10H3. The molecule has 0 spiro atoms. The first-order valence-electron chi connectivity index (χ1n) is 31.2. The molecule has 526 valence electrons. The van der Waals surface area contributed by atoms with Crippen LogP contribution in [-0.4, -0.2) is 141 Å². The lowest BCUT2D eigenvalue weighted by Crippen LogP contribution is -2.14. The molecule has 0 saturated carbocycles. The first kappa shape index (κ1) is 75.2. The molecule has 0 bridgehead atoms. The molecule has 100 heavy (non-hydrogen) atoms. The lowest BCUT2D eigenvalue weighted by Gasteiger charge is -2.15. The summed E-state index contributed by atoms with van der Waals surface area (Å²) < 4.78 is 84.1. The topological polar surface area (TPSA) is 382 Å². The van der Waals surface area contributed by atoms with Gasteiger partial charge in [-0.3, -0.25) is 15.0 Å². The summed E-state index contributed by atoms with van der Waals surface area (Å²) in [6.07, 6.45) is 0. The maximum Gasteiger partial charge on any atom is 0.357 e. The minimum atomic E-state index is -0.834. The van der Waals surface area contributed by atoms with Gasteiger partial charge in [0.05, 0.1) is 87.0 Å². The van der Waals surface area contributed by atoms with Gasteiger partial charge >= 0.3 is 53.7 Å². The second-order valence-electron chi connectivity index (χ2n) is 20.3. The number of hydrogen-bond donors (Lipinski definition) is 0. The predicted octanol–water partition coefficient (Wildman–Crippen LogP) is 8.82. The second kappa shape index (κ2) is 37.4. The van der Waals surface area contributed by atoms with Crippen molar-refractivity contribution in [2.24, 2.45) is 0 Å². The van der Waals surface area contributed by atoms with Gasteiger partial charge < -0.3 is 71.1 Å². The average molecular weight is 1380 g/mol. The second-order valence-corrected chi connectivity index (χ2v) is 20.3. The van der Waals surface area contributed by atoms with Crippen molar-refractivity contribution in [1.29, 1.82) is 0 Å². The molecule has 0 aliphatic carbocycles. The Kier molecular flexibility index (Phi) is 28.1. The summed E-state index contributed by atoms with van der Waals surface area (Å²) in [5.41, 5.74) is -0.721. The van der Waals surface area contributed by atoms with E-state index >= 15 is 0 Å². The van der Waals surface area contributed by atoms with E-state index in [1.54, 1.807) is 55.4 Å². The van der Waals surface area contributed by atoms with E-state index in [2.05, 4.69) is 26.5 Å². The lowest BCUT2D eigenvalue weighted by molar-refractivity contribution is -0.130. The molecule has 0 atom stereocenters. The van der Waals surface area contributed by atoms with Gasteiger partial charge in [0, 0.05) is 90.5 Å². The normalized spacial score (nSPS) is 10.6. The molecule has 0 fully saturated rings. The number of carbonyl (C=O) groups excluding carboxylic acids is 9. The number of nitrogens with zero attached hydrogens (tertiary/aromatic N) is 7. The van der Waals surface area contributed by atoms with Crippen LogP contribution < -0.4 is 33.2 Å². The Morgan fingerprint density at radius 3 is 0.580 bits per heavy atom. The number of ether oxygens (including phenoxy) is 15. The molecular formula is C69H71N7O24. The van der Waals surface area contributed by atoms with Crippen LogP contribution in [0.1, 0.15) is 180 Å². The molecule has 0 unspecified atom stereocenters. The Balaban J connectivity index is 1.24. The molecular weight excluding hydrogens is 1310 g/mol. The summed E-state index contributed by atoms with van der Waals surface area (Å²) in [6.45, 7) is 16.1. The average Bonchev–Trinajstić information content (AvgIpc) is 0.858. The van der Waals surface area contributed by atoms with E-state index in [1.807, 2.05) is 0 Å². The third-order valence-corrected chi connectivity index (χ3v) is 12.7. The summed E-state index contributed by atoms with van der Waals surface area (Å²) in [7, 11) is 0. The highest BCUT2D eigenvalue weighted by atomic mass is 16.6. The largest absolute Gasteiger partial charge is 0.487 e. The van der Waals surface area contributed by atoms with Gasteiger partial charge in [-0.2, -0.15) is 0 Å². The zero-order chi connectivity index (χ0) is 72.3. The highest BCUT2D eigenvalue weighted by Gasteiger charge is 2.24. The summed E-state index contributed by atoms with van der Waals surface area (Å²) in [6, 6.07) is 19.1. The Morgan fingerprint density at radius 1 is 0.260 bits per heavy atom. The van der Waals surface area contributed by atoms with Crippen LogP contribution in [0.4, 0.5) is 0 Å². The Hall–Kier alpha value is -12.2. The molecule has 7 rings (SSSR count). The molecule has 31 nitrogen and oxygen atoms in total. The molecule has 7 aromatic rings. The summed E-state index contributed by atoms with van der Waals surface area (Å²) >= 11 is 0. The third-order valence-electron chi connectivity index (χ3n) is 12.7. The zero-order valence-electron chi connectivity index (χ0n) is 56.1. The smallest absolute Gasteiger partial charge is 0.357 e. The minimum Gasteiger partial charge on any atom is -0.487 e. The number of esters is 9. The van der Waals surface area contributed by atoms with Crippen molar-refractivity contribution in [2.75, 3.05) is 52.9 Å². The quantitative estimate of drug-likeness (QED) is 0.0201. The van der Waals surface area contributed by atoms with Gasteiger partial charge in [0.25, 0.3) is 0 Å². The molecule has 31 heteroatoms. The Labute approximate surface area is 572 Å². The molecule has 0 saturated heterocycles. The summed E-state index contributed by atoms with van der Waals surface area (Å²) in [4.78, 5) is 147. The van der Waals surface area contributed by atoms with Crippen LogP contribution >= 0.6 is 0 Å². The van der Waals surface area contributed by atoms with Gasteiger partial charge in [-0.1, -0.05) is 6.58 Å². The fourth-order valence-electron chi connectivity index (χ4n) is 8.50. The third kappa shape index (κ3) is 22.5. The molecule has 0 aliphatic heterocycles. The van der Waals surface area contributed by atoms with E-state index < -0.39 is 53.7 Å². The zero-order valence-corrected chi connectivity index (χ0v) is 56.1. The SMILES string of the molecule is C=C(C)C(=O)Oc1cc(COc2cc(COc3cc(C(=O)OCC)nc(C(=O)OCC)c3)nc(COc3cc(C(=O)OCC)nc(C(=O)OCC)c3)c2)nc(COc2cc(COc3cc(C(=O)OCC)nc(C(=O)OCC)c3)nc(COc3cc(C(=O)OCC)nc(C(=O)OCC)c3)c2)c1. The van der Waals surface area contributed by atoms with Crippen LogP contribution in [0.3, 0.4) is 0 Å². The lowest BCUT2D eigenvalue weighted by atomic mass is 10.2. The van der Waals surface area contributed by atoms with Crippen LogP contribution in [0.15, 0.2) is 97.1 Å². The van der Waals surface area contributed by atoms with Gasteiger partial charge in [0.15, 0.2) is 45.6 Å². The maximum atomic E-state index is 13.1. The molecule has 7 aromatic heterocycles. The van der Waals surface area contributed by atoms with Crippen molar-refractivity contribution in [1.82, 2.24) is 34.9 Å². The van der Waals surface area contributed by atoms with Crippen molar-refractivity contribution in [3.05, 3.63) is 177 Å². The van der Waals surface area contributed by atoms with Crippen molar-refractivity contribution < 1.29 is 114 Å². The van der Waals surface area contributed by atoms with E-state index in [1.165, 1.54) is 91.9 Å². The first-order chi connectivity index (χ1) is 48.1. The highest BCUT2D eigenvalue weighted by molar-refractivity contribution is 5.95.